The maximum absolute atomic E-state index is 11.9. The Bertz CT molecular complexity index is 617. The van der Waals surface area contributed by atoms with E-state index in [1.807, 2.05) is 24.3 Å². The van der Waals surface area contributed by atoms with E-state index in [0.29, 0.717) is 24.0 Å². The molecular formula is C19H18O2. The lowest BCUT2D eigenvalue weighted by atomic mass is 9.96. The second-order valence-electron chi connectivity index (χ2n) is 5.36. The molecule has 0 heterocycles. The number of esters is 1. The van der Waals surface area contributed by atoms with Crippen molar-refractivity contribution in [3.8, 4) is 0 Å². The van der Waals surface area contributed by atoms with Crippen molar-refractivity contribution in [2.45, 2.75) is 12.3 Å². The van der Waals surface area contributed by atoms with Gasteiger partial charge in [-0.3, -0.25) is 0 Å². The average Bonchev–Trinajstić information content (AvgIpc) is 3.03. The highest BCUT2D eigenvalue weighted by Crippen LogP contribution is 2.32. The molecule has 3 rings (SSSR count). The third-order valence-electron chi connectivity index (χ3n) is 3.84. The Kier molecular flexibility index (Phi) is 4.15. The fourth-order valence-corrected chi connectivity index (χ4v) is 2.69. The highest BCUT2D eigenvalue weighted by atomic mass is 16.5. The Balaban J connectivity index is 1.52. The summed E-state index contributed by atoms with van der Waals surface area (Å²) in [6.07, 6.45) is 5.39. The van der Waals surface area contributed by atoms with Crippen molar-refractivity contribution in [2.75, 3.05) is 6.61 Å². The second-order valence-corrected chi connectivity index (χ2v) is 5.36. The average molecular weight is 278 g/mol. The highest BCUT2D eigenvalue weighted by Gasteiger charge is 2.21. The van der Waals surface area contributed by atoms with Crippen LogP contribution in [0.5, 0.6) is 0 Å². The van der Waals surface area contributed by atoms with Crippen LogP contribution in [0.3, 0.4) is 0 Å². The molecule has 2 atom stereocenters. The quantitative estimate of drug-likeness (QED) is 0.619. The summed E-state index contributed by atoms with van der Waals surface area (Å²) in [7, 11) is 0. The summed E-state index contributed by atoms with van der Waals surface area (Å²) < 4.78 is 5.41. The first kappa shape index (κ1) is 13.6. The Morgan fingerprint density at radius 1 is 0.952 bits per heavy atom. The predicted octanol–water partition coefficient (Wildman–Crippen LogP) is 4.20. The molecule has 0 radical (unpaired) electrons. The molecule has 0 unspecified atom stereocenters. The van der Waals surface area contributed by atoms with Gasteiger partial charge in [-0.1, -0.05) is 60.7 Å². The van der Waals surface area contributed by atoms with Gasteiger partial charge >= 0.3 is 5.97 Å². The number of benzene rings is 2. The third-order valence-corrected chi connectivity index (χ3v) is 3.84. The van der Waals surface area contributed by atoms with Gasteiger partial charge in [-0.15, -0.1) is 0 Å². The van der Waals surface area contributed by atoms with E-state index in [2.05, 4.69) is 36.4 Å². The minimum Gasteiger partial charge on any atom is -0.461 e. The van der Waals surface area contributed by atoms with Gasteiger partial charge in [0.05, 0.1) is 12.2 Å². The molecule has 0 amide bonds. The molecule has 0 aromatic heterocycles. The summed E-state index contributed by atoms with van der Waals surface area (Å²) >= 11 is 0. The lowest BCUT2D eigenvalue weighted by Gasteiger charge is -2.13. The van der Waals surface area contributed by atoms with Crippen molar-refractivity contribution in [3.63, 3.8) is 0 Å². The number of rotatable bonds is 4. The summed E-state index contributed by atoms with van der Waals surface area (Å²) in [6, 6.07) is 19.6. The van der Waals surface area contributed by atoms with Crippen LogP contribution in [-0.4, -0.2) is 12.6 Å². The number of carbonyl (C=O) groups is 1. The zero-order chi connectivity index (χ0) is 14.5. The molecule has 0 fully saturated rings. The molecule has 0 spiro atoms. The van der Waals surface area contributed by atoms with Crippen LogP contribution in [0, 0.1) is 5.92 Å². The van der Waals surface area contributed by atoms with Crippen LogP contribution in [0.15, 0.2) is 72.8 Å². The van der Waals surface area contributed by atoms with Gasteiger partial charge in [0.25, 0.3) is 0 Å². The first-order valence-corrected chi connectivity index (χ1v) is 7.28. The van der Waals surface area contributed by atoms with Crippen molar-refractivity contribution in [3.05, 3.63) is 83.9 Å². The van der Waals surface area contributed by atoms with Gasteiger partial charge < -0.3 is 4.74 Å². The van der Waals surface area contributed by atoms with Crippen LogP contribution in [0.2, 0.25) is 0 Å². The molecule has 106 valence electrons. The monoisotopic (exact) mass is 278 g/mol. The number of hydrogen-bond acceptors (Lipinski definition) is 2. The normalized spacial score (nSPS) is 20.4. The number of allylic oxidation sites excluding steroid dienone is 1. The van der Waals surface area contributed by atoms with Gasteiger partial charge in [0.2, 0.25) is 0 Å². The van der Waals surface area contributed by atoms with Gasteiger partial charge in [0.15, 0.2) is 0 Å². The first-order chi connectivity index (χ1) is 10.3. The topological polar surface area (TPSA) is 26.3 Å². The number of ether oxygens (including phenoxy) is 1. The van der Waals surface area contributed by atoms with Crippen LogP contribution in [-0.2, 0) is 4.74 Å². The van der Waals surface area contributed by atoms with Crippen LogP contribution in [0.25, 0.3) is 0 Å². The van der Waals surface area contributed by atoms with Crippen LogP contribution < -0.4 is 0 Å². The molecule has 0 N–H and O–H groups in total. The highest BCUT2D eigenvalue weighted by molar-refractivity contribution is 5.89. The third kappa shape index (κ3) is 3.40. The maximum atomic E-state index is 11.9. The molecule has 1 aliphatic carbocycles. The van der Waals surface area contributed by atoms with Crippen LogP contribution in [0.1, 0.15) is 28.3 Å². The standard InChI is InChI=1S/C19H18O2/c20-19(17-9-5-2-6-10-17)21-14-15-11-12-18(13-15)16-7-3-1-4-8-16/h1-12,15,18H,13-14H2/t15-,18-/m1/s1. The van der Waals surface area contributed by atoms with Crippen molar-refractivity contribution in [1.82, 2.24) is 0 Å². The molecule has 1 aliphatic rings. The fraction of sp³-hybridized carbons (Fsp3) is 0.211. The molecular weight excluding hydrogens is 260 g/mol. The zero-order valence-electron chi connectivity index (χ0n) is 11.8. The second kappa shape index (κ2) is 6.40. The Morgan fingerprint density at radius 3 is 2.33 bits per heavy atom. The smallest absolute Gasteiger partial charge is 0.338 e. The van der Waals surface area contributed by atoms with E-state index < -0.39 is 0 Å². The molecule has 0 aliphatic heterocycles. The van der Waals surface area contributed by atoms with E-state index in [0.717, 1.165) is 6.42 Å². The first-order valence-electron chi connectivity index (χ1n) is 7.28. The van der Waals surface area contributed by atoms with Gasteiger partial charge in [-0.05, 0) is 24.1 Å². The lowest BCUT2D eigenvalue weighted by Crippen LogP contribution is -2.12. The SMILES string of the molecule is O=C(OC[C@@H]1C=C[C@@H](c2ccccc2)C1)c1ccccc1. The van der Waals surface area contributed by atoms with Crippen molar-refractivity contribution >= 4 is 5.97 Å². The maximum Gasteiger partial charge on any atom is 0.338 e. The Labute approximate surface area is 125 Å². The zero-order valence-corrected chi connectivity index (χ0v) is 11.8. The van der Waals surface area contributed by atoms with Gasteiger partial charge in [-0.25, -0.2) is 4.79 Å². The van der Waals surface area contributed by atoms with E-state index in [4.69, 9.17) is 4.74 Å². The summed E-state index contributed by atoms with van der Waals surface area (Å²) in [5, 5.41) is 0. The number of carbonyl (C=O) groups excluding carboxylic acids is 1. The van der Waals surface area contributed by atoms with Crippen molar-refractivity contribution in [2.24, 2.45) is 5.92 Å². The molecule has 2 nitrogen and oxygen atoms in total. The van der Waals surface area contributed by atoms with Crippen LogP contribution in [0.4, 0.5) is 0 Å². The van der Waals surface area contributed by atoms with Gasteiger partial charge in [0, 0.05) is 11.8 Å². The summed E-state index contributed by atoms with van der Waals surface area (Å²) in [5.74, 6) is 0.502. The van der Waals surface area contributed by atoms with E-state index in [9.17, 15) is 4.79 Å². The molecule has 0 saturated heterocycles. The molecule has 21 heavy (non-hydrogen) atoms. The van der Waals surface area contributed by atoms with E-state index in [-0.39, 0.29) is 5.97 Å². The van der Waals surface area contributed by atoms with E-state index in [1.165, 1.54) is 5.56 Å². The van der Waals surface area contributed by atoms with Crippen molar-refractivity contribution < 1.29 is 9.53 Å². The molecule has 2 aromatic rings. The number of hydrogen-bond donors (Lipinski definition) is 0. The van der Waals surface area contributed by atoms with E-state index in [1.54, 1.807) is 12.1 Å². The minimum atomic E-state index is -0.243. The fourth-order valence-electron chi connectivity index (χ4n) is 2.69. The lowest BCUT2D eigenvalue weighted by molar-refractivity contribution is 0.0463. The summed E-state index contributed by atoms with van der Waals surface area (Å²) in [4.78, 5) is 11.9. The molecule has 0 saturated carbocycles. The van der Waals surface area contributed by atoms with Crippen LogP contribution >= 0.6 is 0 Å². The van der Waals surface area contributed by atoms with Gasteiger partial charge in [-0.2, -0.15) is 0 Å². The summed E-state index contributed by atoms with van der Waals surface area (Å²) in [5.41, 5.74) is 1.93. The molecule has 0 bridgehead atoms. The van der Waals surface area contributed by atoms with Gasteiger partial charge in [0.1, 0.15) is 0 Å². The summed E-state index contributed by atoms with van der Waals surface area (Å²) in [6.45, 7) is 0.452. The minimum absolute atomic E-state index is 0.243. The van der Waals surface area contributed by atoms with Crippen molar-refractivity contribution in [1.29, 1.82) is 0 Å². The Hall–Kier alpha value is -2.35. The molecule has 2 heteroatoms. The Morgan fingerprint density at radius 2 is 1.62 bits per heavy atom. The molecule has 2 aromatic carbocycles. The largest absolute Gasteiger partial charge is 0.461 e. The van der Waals surface area contributed by atoms with E-state index >= 15 is 0 Å². The predicted molar refractivity (Wildman–Crippen MR) is 83.2 cm³/mol.